The van der Waals surface area contributed by atoms with E-state index in [2.05, 4.69) is 26.3 Å². The molecule has 1 aromatic carbocycles. The summed E-state index contributed by atoms with van der Waals surface area (Å²) in [7, 11) is 0. The first kappa shape index (κ1) is 17.2. The molecule has 2 rings (SSSR count). The summed E-state index contributed by atoms with van der Waals surface area (Å²) in [6.07, 6.45) is 1.40. The van der Waals surface area contributed by atoms with Crippen molar-refractivity contribution in [2.45, 2.75) is 19.4 Å². The molecule has 7 nitrogen and oxygen atoms in total. The van der Waals surface area contributed by atoms with Crippen molar-refractivity contribution in [3.8, 4) is 5.69 Å². The molecule has 1 aromatic heterocycles. The van der Waals surface area contributed by atoms with Crippen LogP contribution in [0.5, 0.6) is 0 Å². The van der Waals surface area contributed by atoms with E-state index in [0.717, 1.165) is 17.1 Å². The van der Waals surface area contributed by atoms with Gasteiger partial charge in [0.1, 0.15) is 0 Å². The average Bonchev–Trinajstić information content (AvgIpc) is 2.86. The Morgan fingerprint density at radius 2 is 2.13 bits per heavy atom. The third-order valence-corrected chi connectivity index (χ3v) is 3.85. The second-order valence-electron chi connectivity index (χ2n) is 5.30. The highest BCUT2D eigenvalue weighted by molar-refractivity contribution is 9.10. The van der Waals surface area contributed by atoms with Crippen molar-refractivity contribution in [1.29, 1.82) is 0 Å². The van der Waals surface area contributed by atoms with E-state index < -0.39 is 24.0 Å². The molecule has 0 saturated heterocycles. The van der Waals surface area contributed by atoms with E-state index in [1.807, 2.05) is 24.3 Å². The Labute approximate surface area is 141 Å². The summed E-state index contributed by atoms with van der Waals surface area (Å²) in [6.45, 7) is 2.45. The number of rotatable bonds is 5. The number of halogens is 1. The third-order valence-electron chi connectivity index (χ3n) is 3.36. The van der Waals surface area contributed by atoms with E-state index in [-0.39, 0.29) is 0 Å². The lowest BCUT2D eigenvalue weighted by Crippen LogP contribution is -2.46. The number of amides is 1. The zero-order valence-corrected chi connectivity index (χ0v) is 14.2. The maximum absolute atomic E-state index is 12.2. The van der Waals surface area contributed by atoms with Gasteiger partial charge in [-0.25, -0.2) is 9.48 Å². The maximum atomic E-state index is 12.2. The zero-order valence-electron chi connectivity index (χ0n) is 12.6. The van der Waals surface area contributed by atoms with E-state index in [9.17, 15) is 14.7 Å². The van der Waals surface area contributed by atoms with Gasteiger partial charge in [0.25, 0.3) is 5.91 Å². The van der Waals surface area contributed by atoms with Crippen molar-refractivity contribution in [1.82, 2.24) is 15.1 Å². The molecule has 3 N–H and O–H groups in total. The number of carbonyl (C=O) groups excluding carboxylic acids is 1. The highest BCUT2D eigenvalue weighted by atomic mass is 79.9. The number of nitrogens with zero attached hydrogens (tertiary/aromatic N) is 2. The summed E-state index contributed by atoms with van der Waals surface area (Å²) in [5, 5.41) is 25.1. The summed E-state index contributed by atoms with van der Waals surface area (Å²) < 4.78 is 2.49. The van der Waals surface area contributed by atoms with Crippen LogP contribution in [0.25, 0.3) is 5.69 Å². The molecular formula is C15H16BrN3O4. The minimum atomic E-state index is -2.02. The van der Waals surface area contributed by atoms with E-state index in [4.69, 9.17) is 5.11 Å². The molecule has 1 heterocycles. The van der Waals surface area contributed by atoms with Crippen LogP contribution in [-0.2, 0) is 4.79 Å². The molecule has 122 valence electrons. The molecule has 8 heteroatoms. The number of benzene rings is 1. The van der Waals surface area contributed by atoms with Gasteiger partial charge in [0.15, 0.2) is 5.60 Å². The maximum Gasteiger partial charge on any atom is 0.337 e. The summed E-state index contributed by atoms with van der Waals surface area (Å²) in [5.41, 5.74) is -0.320. The van der Waals surface area contributed by atoms with Crippen LogP contribution in [0.4, 0.5) is 0 Å². The molecular weight excluding hydrogens is 366 g/mol. The summed E-state index contributed by atoms with van der Waals surface area (Å²) in [6, 6.07) is 7.44. The molecule has 0 aliphatic heterocycles. The fourth-order valence-corrected chi connectivity index (χ4v) is 2.31. The summed E-state index contributed by atoms with van der Waals surface area (Å²) >= 11 is 3.38. The fourth-order valence-electron chi connectivity index (χ4n) is 1.92. The zero-order chi connectivity index (χ0) is 17.2. The van der Waals surface area contributed by atoms with E-state index >= 15 is 0 Å². The lowest BCUT2D eigenvalue weighted by atomic mass is 10.1. The molecule has 0 aliphatic rings. The van der Waals surface area contributed by atoms with Gasteiger partial charge in [0, 0.05) is 4.47 Å². The Morgan fingerprint density at radius 1 is 1.43 bits per heavy atom. The highest BCUT2D eigenvalue weighted by Gasteiger charge is 2.30. The van der Waals surface area contributed by atoms with Crippen molar-refractivity contribution in [2.24, 2.45) is 0 Å². The van der Waals surface area contributed by atoms with Crippen LogP contribution < -0.4 is 5.32 Å². The number of carboxylic acid groups (broad SMARTS) is 1. The predicted molar refractivity (Wildman–Crippen MR) is 86.6 cm³/mol. The van der Waals surface area contributed by atoms with Gasteiger partial charge in [-0.1, -0.05) is 22.0 Å². The van der Waals surface area contributed by atoms with Crippen molar-refractivity contribution >= 4 is 27.8 Å². The van der Waals surface area contributed by atoms with Gasteiger partial charge in [0.05, 0.1) is 29.7 Å². The van der Waals surface area contributed by atoms with E-state index in [0.29, 0.717) is 11.3 Å². The minimum Gasteiger partial charge on any atom is -0.479 e. The van der Waals surface area contributed by atoms with Gasteiger partial charge < -0.3 is 15.5 Å². The molecule has 0 bridgehead atoms. The van der Waals surface area contributed by atoms with Gasteiger partial charge in [0.2, 0.25) is 0 Å². The van der Waals surface area contributed by atoms with Crippen molar-refractivity contribution in [2.75, 3.05) is 6.54 Å². The van der Waals surface area contributed by atoms with Crippen LogP contribution in [0, 0.1) is 6.92 Å². The molecule has 1 amide bonds. The topological polar surface area (TPSA) is 104 Å². The molecule has 0 radical (unpaired) electrons. The van der Waals surface area contributed by atoms with E-state index in [1.54, 1.807) is 11.6 Å². The van der Waals surface area contributed by atoms with Gasteiger partial charge in [-0.15, -0.1) is 0 Å². The van der Waals surface area contributed by atoms with Crippen LogP contribution >= 0.6 is 15.9 Å². The first-order valence-corrected chi connectivity index (χ1v) is 7.56. The SMILES string of the molecule is Cc1c(C(=O)NCC(C)(O)C(=O)O)cnn1-c1cccc(Br)c1. The number of aliphatic carboxylic acids is 1. The van der Waals surface area contributed by atoms with Gasteiger partial charge in [-0.3, -0.25) is 4.79 Å². The quantitative estimate of drug-likeness (QED) is 0.727. The number of carboxylic acids is 1. The summed E-state index contributed by atoms with van der Waals surface area (Å²) in [5.74, 6) is -1.90. The number of aliphatic hydroxyl groups is 1. The van der Waals surface area contributed by atoms with Crippen LogP contribution in [0.15, 0.2) is 34.9 Å². The number of aromatic nitrogens is 2. The second-order valence-corrected chi connectivity index (χ2v) is 6.21. The average molecular weight is 382 g/mol. The molecule has 1 atom stereocenters. The van der Waals surface area contributed by atoms with Gasteiger partial charge in [-0.2, -0.15) is 5.10 Å². The van der Waals surface area contributed by atoms with Gasteiger partial charge in [-0.05, 0) is 32.0 Å². The first-order chi connectivity index (χ1) is 10.7. The second kappa shape index (κ2) is 6.51. The van der Waals surface area contributed by atoms with Crippen molar-refractivity contribution in [3.05, 3.63) is 46.2 Å². The van der Waals surface area contributed by atoms with Crippen LogP contribution in [-0.4, -0.2) is 44.0 Å². The molecule has 0 saturated carbocycles. The highest BCUT2D eigenvalue weighted by Crippen LogP contribution is 2.18. The normalized spacial score (nSPS) is 13.4. The standard InChI is InChI=1S/C15H16BrN3O4/c1-9-12(13(20)17-8-15(2,23)14(21)22)7-18-19(9)11-5-3-4-10(16)6-11/h3-7,23H,8H2,1-2H3,(H,17,20)(H,21,22). The Hall–Kier alpha value is -2.19. The first-order valence-electron chi connectivity index (χ1n) is 6.77. The number of hydrogen-bond acceptors (Lipinski definition) is 4. The van der Waals surface area contributed by atoms with Crippen LogP contribution in [0.2, 0.25) is 0 Å². The monoisotopic (exact) mass is 381 g/mol. The Morgan fingerprint density at radius 3 is 2.74 bits per heavy atom. The van der Waals surface area contributed by atoms with Crippen LogP contribution in [0.3, 0.4) is 0 Å². The van der Waals surface area contributed by atoms with Crippen molar-refractivity contribution < 1.29 is 19.8 Å². The molecule has 1 unspecified atom stereocenters. The Bertz CT molecular complexity index is 755. The smallest absolute Gasteiger partial charge is 0.337 e. The molecule has 0 fully saturated rings. The number of hydrogen-bond donors (Lipinski definition) is 3. The lowest BCUT2D eigenvalue weighted by Gasteiger charge is -2.18. The Balaban J connectivity index is 2.19. The van der Waals surface area contributed by atoms with Crippen LogP contribution in [0.1, 0.15) is 23.0 Å². The van der Waals surface area contributed by atoms with Gasteiger partial charge >= 0.3 is 5.97 Å². The molecule has 2 aromatic rings. The molecule has 0 spiro atoms. The summed E-state index contributed by atoms with van der Waals surface area (Å²) in [4.78, 5) is 23.0. The number of nitrogens with one attached hydrogen (secondary N) is 1. The molecule has 0 aliphatic carbocycles. The lowest BCUT2D eigenvalue weighted by molar-refractivity contribution is -0.155. The van der Waals surface area contributed by atoms with Crippen molar-refractivity contribution in [3.63, 3.8) is 0 Å². The molecule has 23 heavy (non-hydrogen) atoms. The Kier molecular flexibility index (Phi) is 4.86. The van der Waals surface area contributed by atoms with E-state index in [1.165, 1.54) is 6.20 Å². The fraction of sp³-hybridized carbons (Fsp3) is 0.267. The third kappa shape index (κ3) is 3.77. The predicted octanol–water partition coefficient (Wildman–Crippen LogP) is 1.51. The number of carbonyl (C=O) groups is 2. The largest absolute Gasteiger partial charge is 0.479 e. The minimum absolute atomic E-state index is 0.311.